The maximum atomic E-state index is 12.6. The molecule has 0 spiro atoms. The molecule has 3 fully saturated rings. The normalized spacial score (nSPS) is 24.7. The van der Waals surface area contributed by atoms with E-state index < -0.39 is 0 Å². The van der Waals surface area contributed by atoms with Gasteiger partial charge in [0.1, 0.15) is 0 Å². The third kappa shape index (κ3) is 6.45. The molecule has 0 bridgehead atoms. The lowest BCUT2D eigenvalue weighted by atomic mass is 9.89. The molecule has 30 heavy (non-hydrogen) atoms. The minimum atomic E-state index is 0.203. The predicted molar refractivity (Wildman–Crippen MR) is 124 cm³/mol. The van der Waals surface area contributed by atoms with Crippen LogP contribution in [0.3, 0.4) is 0 Å². The van der Waals surface area contributed by atoms with Crippen molar-refractivity contribution >= 4 is 11.6 Å². The summed E-state index contributed by atoms with van der Waals surface area (Å²) in [5.74, 6) is 1.67. The van der Waals surface area contributed by atoms with Crippen molar-refractivity contribution in [2.75, 3.05) is 63.8 Å². The van der Waals surface area contributed by atoms with E-state index in [1.165, 1.54) is 57.3 Å². The summed E-state index contributed by atoms with van der Waals surface area (Å²) in [6, 6.07) is 10.6. The number of amides is 1. The van der Waals surface area contributed by atoms with Gasteiger partial charge in [-0.05, 0) is 62.7 Å². The molecule has 0 radical (unpaired) electrons. The molecule has 2 heterocycles. The van der Waals surface area contributed by atoms with Gasteiger partial charge in [0.25, 0.3) is 0 Å². The quantitative estimate of drug-likeness (QED) is 0.746. The van der Waals surface area contributed by atoms with Crippen LogP contribution >= 0.6 is 0 Å². The molecule has 4 rings (SSSR count). The second-order valence-corrected chi connectivity index (χ2v) is 9.67. The Morgan fingerprint density at radius 1 is 0.833 bits per heavy atom. The minimum Gasteiger partial charge on any atom is -0.371 e. The summed E-state index contributed by atoms with van der Waals surface area (Å²) in [6.45, 7) is 9.20. The van der Waals surface area contributed by atoms with Gasteiger partial charge in [-0.1, -0.05) is 37.5 Å². The van der Waals surface area contributed by atoms with Crippen molar-refractivity contribution in [1.82, 2.24) is 15.1 Å². The Hall–Kier alpha value is -1.59. The Labute approximate surface area is 182 Å². The number of rotatable bonds is 7. The number of anilines is 1. The Morgan fingerprint density at radius 3 is 2.43 bits per heavy atom. The molecule has 1 aromatic carbocycles. The monoisotopic (exact) mass is 412 g/mol. The van der Waals surface area contributed by atoms with Crippen molar-refractivity contribution in [2.24, 2.45) is 11.8 Å². The largest absolute Gasteiger partial charge is 0.371 e. The first-order chi connectivity index (χ1) is 14.8. The van der Waals surface area contributed by atoms with Gasteiger partial charge in [0.15, 0.2) is 0 Å². The van der Waals surface area contributed by atoms with Crippen LogP contribution in [0.15, 0.2) is 30.3 Å². The zero-order chi connectivity index (χ0) is 20.6. The molecule has 5 nitrogen and oxygen atoms in total. The van der Waals surface area contributed by atoms with Crippen LogP contribution in [0.1, 0.15) is 44.9 Å². The van der Waals surface area contributed by atoms with E-state index in [9.17, 15) is 4.79 Å². The van der Waals surface area contributed by atoms with Crippen molar-refractivity contribution in [3.63, 3.8) is 0 Å². The molecule has 2 saturated heterocycles. The van der Waals surface area contributed by atoms with Crippen LogP contribution in [0.4, 0.5) is 5.69 Å². The zero-order valence-electron chi connectivity index (χ0n) is 18.6. The molecule has 1 aliphatic carbocycles. The third-order valence-corrected chi connectivity index (χ3v) is 7.28. The summed E-state index contributed by atoms with van der Waals surface area (Å²) in [5.41, 5.74) is 1.30. The average molecular weight is 413 g/mol. The Morgan fingerprint density at radius 2 is 1.60 bits per heavy atom. The molecule has 166 valence electrons. The third-order valence-electron chi connectivity index (χ3n) is 7.28. The van der Waals surface area contributed by atoms with Crippen LogP contribution in [0.2, 0.25) is 0 Å². The van der Waals surface area contributed by atoms with Crippen LogP contribution in [0.5, 0.6) is 0 Å². The van der Waals surface area contributed by atoms with Crippen LogP contribution in [-0.2, 0) is 4.79 Å². The Kier molecular flexibility index (Phi) is 8.04. The second kappa shape index (κ2) is 11.1. The zero-order valence-corrected chi connectivity index (χ0v) is 18.6. The van der Waals surface area contributed by atoms with E-state index in [1.54, 1.807) is 0 Å². The summed E-state index contributed by atoms with van der Waals surface area (Å²) in [5, 5.41) is 3.22. The molecule has 1 N–H and O–H groups in total. The summed E-state index contributed by atoms with van der Waals surface area (Å²) < 4.78 is 0. The standard InChI is InChI=1S/C25H40N4O/c30-25(26-18-23-12-15-29(20-23)24-10-5-2-6-11-24)21-28-14-7-13-27(16-17-28)19-22-8-3-1-4-9-22/h2,5-6,10-11,22-23H,1,3-4,7-9,12-21H2,(H,26,30)/t23-/m0/s1. The molecule has 1 saturated carbocycles. The van der Waals surface area contributed by atoms with E-state index in [0.717, 1.165) is 51.6 Å². The lowest BCUT2D eigenvalue weighted by Gasteiger charge is -2.28. The molecule has 2 aliphatic heterocycles. The number of carbonyl (C=O) groups excluding carboxylic acids is 1. The highest BCUT2D eigenvalue weighted by molar-refractivity contribution is 5.78. The Balaban J connectivity index is 1.13. The van der Waals surface area contributed by atoms with E-state index in [0.29, 0.717) is 12.5 Å². The fraction of sp³-hybridized carbons (Fsp3) is 0.720. The SMILES string of the molecule is O=C(CN1CCCN(CC2CCCCC2)CC1)NC[C@@H]1CCN(c2ccccc2)C1. The summed E-state index contributed by atoms with van der Waals surface area (Å²) >= 11 is 0. The van der Waals surface area contributed by atoms with Crippen molar-refractivity contribution in [1.29, 1.82) is 0 Å². The number of benzene rings is 1. The van der Waals surface area contributed by atoms with Gasteiger partial charge in [-0.25, -0.2) is 0 Å². The maximum Gasteiger partial charge on any atom is 0.234 e. The first-order valence-corrected chi connectivity index (χ1v) is 12.3. The van der Waals surface area contributed by atoms with Gasteiger partial charge >= 0.3 is 0 Å². The van der Waals surface area contributed by atoms with E-state index in [4.69, 9.17) is 0 Å². The number of hydrogen-bond donors (Lipinski definition) is 1. The van der Waals surface area contributed by atoms with Gasteiger partial charge in [-0.2, -0.15) is 0 Å². The lowest BCUT2D eigenvalue weighted by molar-refractivity contribution is -0.122. The van der Waals surface area contributed by atoms with Gasteiger partial charge in [-0.3, -0.25) is 9.69 Å². The van der Waals surface area contributed by atoms with Crippen molar-refractivity contribution in [2.45, 2.75) is 44.9 Å². The number of carbonyl (C=O) groups is 1. The topological polar surface area (TPSA) is 38.8 Å². The van der Waals surface area contributed by atoms with E-state index in [2.05, 4.69) is 50.3 Å². The van der Waals surface area contributed by atoms with Gasteiger partial charge in [0.05, 0.1) is 6.54 Å². The fourth-order valence-electron chi connectivity index (χ4n) is 5.49. The summed E-state index contributed by atoms with van der Waals surface area (Å²) in [4.78, 5) is 20.0. The van der Waals surface area contributed by atoms with Crippen molar-refractivity contribution in [3.8, 4) is 0 Å². The first kappa shape index (κ1) is 21.6. The highest BCUT2D eigenvalue weighted by Gasteiger charge is 2.24. The smallest absolute Gasteiger partial charge is 0.234 e. The molecule has 3 aliphatic rings. The number of para-hydroxylation sites is 1. The molecule has 5 heteroatoms. The van der Waals surface area contributed by atoms with Crippen LogP contribution < -0.4 is 10.2 Å². The number of hydrogen-bond acceptors (Lipinski definition) is 4. The van der Waals surface area contributed by atoms with E-state index >= 15 is 0 Å². The minimum absolute atomic E-state index is 0.203. The van der Waals surface area contributed by atoms with Crippen LogP contribution in [0, 0.1) is 11.8 Å². The van der Waals surface area contributed by atoms with Crippen LogP contribution in [-0.4, -0.2) is 74.6 Å². The number of nitrogens with one attached hydrogen (secondary N) is 1. The van der Waals surface area contributed by atoms with E-state index in [1.807, 2.05) is 0 Å². The average Bonchev–Trinajstić information content (AvgIpc) is 3.16. The molecular weight excluding hydrogens is 372 g/mol. The Bertz CT molecular complexity index is 646. The highest BCUT2D eigenvalue weighted by atomic mass is 16.2. The maximum absolute atomic E-state index is 12.6. The number of nitrogens with zero attached hydrogens (tertiary/aromatic N) is 3. The molecule has 0 aromatic heterocycles. The molecule has 1 amide bonds. The first-order valence-electron chi connectivity index (χ1n) is 12.3. The van der Waals surface area contributed by atoms with Crippen LogP contribution in [0.25, 0.3) is 0 Å². The molecule has 1 aromatic rings. The summed E-state index contributed by atoms with van der Waals surface area (Å²) in [6.07, 6.45) is 9.48. The van der Waals surface area contributed by atoms with Crippen molar-refractivity contribution < 1.29 is 4.79 Å². The van der Waals surface area contributed by atoms with Crippen molar-refractivity contribution in [3.05, 3.63) is 30.3 Å². The van der Waals surface area contributed by atoms with Gasteiger partial charge in [0, 0.05) is 45.0 Å². The molecule has 0 unspecified atom stereocenters. The van der Waals surface area contributed by atoms with E-state index in [-0.39, 0.29) is 5.91 Å². The predicted octanol–water partition coefficient (Wildman–Crippen LogP) is 3.22. The highest BCUT2D eigenvalue weighted by Crippen LogP contribution is 2.25. The molecule has 1 atom stereocenters. The van der Waals surface area contributed by atoms with Gasteiger partial charge in [-0.15, -0.1) is 0 Å². The summed E-state index contributed by atoms with van der Waals surface area (Å²) in [7, 11) is 0. The fourth-order valence-corrected chi connectivity index (χ4v) is 5.49. The van der Waals surface area contributed by atoms with Gasteiger partial charge < -0.3 is 15.1 Å². The second-order valence-electron chi connectivity index (χ2n) is 9.67. The van der Waals surface area contributed by atoms with Gasteiger partial charge in [0.2, 0.25) is 5.91 Å². The molecular formula is C25H40N4O. The lowest BCUT2D eigenvalue weighted by Crippen LogP contribution is -2.41.